The summed E-state index contributed by atoms with van der Waals surface area (Å²) in [4.78, 5) is 2.60. The molecule has 0 saturated carbocycles. The van der Waals surface area contributed by atoms with Crippen molar-refractivity contribution in [2.45, 2.75) is 51.3 Å². The van der Waals surface area contributed by atoms with Gasteiger partial charge in [0.05, 0.1) is 6.10 Å². The van der Waals surface area contributed by atoms with Crippen LogP contribution in [0.5, 0.6) is 0 Å². The van der Waals surface area contributed by atoms with E-state index in [0.717, 1.165) is 19.7 Å². The van der Waals surface area contributed by atoms with Crippen molar-refractivity contribution >= 4 is 0 Å². The van der Waals surface area contributed by atoms with Crippen LogP contribution < -0.4 is 5.32 Å². The van der Waals surface area contributed by atoms with Crippen LogP contribution in [0.4, 0.5) is 0 Å². The number of ether oxygens (including phenoxy) is 1. The number of nitrogens with one attached hydrogen (secondary N) is 1. The molecule has 2 aliphatic rings. The van der Waals surface area contributed by atoms with E-state index in [2.05, 4.69) is 24.1 Å². The van der Waals surface area contributed by atoms with E-state index in [1.165, 1.54) is 25.8 Å². The zero-order valence-electron chi connectivity index (χ0n) is 10.0. The summed E-state index contributed by atoms with van der Waals surface area (Å²) in [7, 11) is 0. The number of rotatable bonds is 3. The minimum atomic E-state index is 0.503. The van der Waals surface area contributed by atoms with Crippen LogP contribution in [0.15, 0.2) is 0 Å². The summed E-state index contributed by atoms with van der Waals surface area (Å²) in [5.41, 5.74) is 0. The summed E-state index contributed by atoms with van der Waals surface area (Å²) >= 11 is 0. The molecule has 2 rings (SSSR count). The number of nitrogens with zero attached hydrogens (tertiary/aromatic N) is 1. The second kappa shape index (κ2) is 5.28. The van der Waals surface area contributed by atoms with Crippen molar-refractivity contribution in [1.29, 1.82) is 0 Å². The van der Waals surface area contributed by atoms with Crippen LogP contribution in [-0.4, -0.2) is 49.3 Å². The lowest BCUT2D eigenvalue weighted by Crippen LogP contribution is -2.56. The maximum Gasteiger partial charge on any atom is 0.0702 e. The number of hydrogen-bond donors (Lipinski definition) is 1. The average Bonchev–Trinajstić information content (AvgIpc) is 2.74. The van der Waals surface area contributed by atoms with Gasteiger partial charge >= 0.3 is 0 Å². The smallest absolute Gasteiger partial charge is 0.0702 e. The van der Waals surface area contributed by atoms with Crippen LogP contribution in [0, 0.1) is 0 Å². The van der Waals surface area contributed by atoms with Crippen LogP contribution in [0.1, 0.15) is 33.1 Å². The van der Waals surface area contributed by atoms with E-state index in [0.29, 0.717) is 18.2 Å². The zero-order chi connectivity index (χ0) is 10.7. The summed E-state index contributed by atoms with van der Waals surface area (Å²) in [5, 5.41) is 3.59. The molecule has 0 aromatic rings. The van der Waals surface area contributed by atoms with Crippen molar-refractivity contribution in [3.8, 4) is 0 Å². The monoisotopic (exact) mass is 212 g/mol. The Morgan fingerprint density at radius 1 is 1.47 bits per heavy atom. The van der Waals surface area contributed by atoms with Gasteiger partial charge in [-0.05, 0) is 26.2 Å². The standard InChI is InChI=1S/C12H24N2O/c1-3-11-8-14(10(2)7-13-11)9-12-5-4-6-15-12/h10-13H,3-9H2,1-2H3. The van der Waals surface area contributed by atoms with E-state index >= 15 is 0 Å². The lowest BCUT2D eigenvalue weighted by molar-refractivity contribution is 0.0432. The van der Waals surface area contributed by atoms with E-state index in [-0.39, 0.29) is 0 Å². The maximum absolute atomic E-state index is 5.71. The van der Waals surface area contributed by atoms with Gasteiger partial charge in [-0.25, -0.2) is 0 Å². The third-order valence-corrected chi connectivity index (χ3v) is 3.74. The molecule has 0 aliphatic carbocycles. The predicted octanol–water partition coefficient (Wildman–Crippen LogP) is 1.24. The van der Waals surface area contributed by atoms with Crippen LogP contribution in [0.3, 0.4) is 0 Å². The highest BCUT2D eigenvalue weighted by atomic mass is 16.5. The molecule has 3 nitrogen and oxygen atoms in total. The Morgan fingerprint density at radius 3 is 3.00 bits per heavy atom. The lowest BCUT2D eigenvalue weighted by atomic mass is 10.1. The van der Waals surface area contributed by atoms with Gasteiger partial charge in [-0.2, -0.15) is 0 Å². The summed E-state index contributed by atoms with van der Waals surface area (Å²) in [6.07, 6.45) is 4.24. The molecular formula is C12H24N2O. The fraction of sp³-hybridized carbons (Fsp3) is 1.00. The van der Waals surface area contributed by atoms with Crippen molar-refractivity contribution in [2.24, 2.45) is 0 Å². The topological polar surface area (TPSA) is 24.5 Å². The first kappa shape index (κ1) is 11.4. The molecule has 0 radical (unpaired) electrons. The molecule has 2 heterocycles. The number of hydrogen-bond acceptors (Lipinski definition) is 3. The van der Waals surface area contributed by atoms with E-state index in [1.807, 2.05) is 0 Å². The second-order valence-corrected chi connectivity index (χ2v) is 4.95. The summed E-state index contributed by atoms with van der Waals surface area (Å²) in [6, 6.07) is 1.35. The van der Waals surface area contributed by atoms with Gasteiger partial charge in [0.2, 0.25) is 0 Å². The van der Waals surface area contributed by atoms with Crippen LogP contribution in [0.25, 0.3) is 0 Å². The van der Waals surface area contributed by atoms with E-state index < -0.39 is 0 Å². The molecule has 3 heteroatoms. The van der Waals surface area contributed by atoms with Crippen molar-refractivity contribution in [1.82, 2.24) is 10.2 Å². The quantitative estimate of drug-likeness (QED) is 0.762. The normalized spacial score (nSPS) is 38.4. The van der Waals surface area contributed by atoms with Crippen molar-refractivity contribution in [3.63, 3.8) is 0 Å². The van der Waals surface area contributed by atoms with E-state index in [4.69, 9.17) is 4.74 Å². The summed E-state index contributed by atoms with van der Waals surface area (Å²) in [6.45, 7) is 9.01. The molecule has 2 saturated heterocycles. The van der Waals surface area contributed by atoms with Gasteiger partial charge in [0, 0.05) is 38.3 Å². The maximum atomic E-state index is 5.71. The van der Waals surface area contributed by atoms with Gasteiger partial charge in [0.25, 0.3) is 0 Å². The average molecular weight is 212 g/mol. The fourth-order valence-corrected chi connectivity index (χ4v) is 2.57. The molecule has 0 aromatic carbocycles. The molecule has 3 atom stereocenters. The molecule has 2 aliphatic heterocycles. The van der Waals surface area contributed by atoms with Gasteiger partial charge < -0.3 is 10.1 Å². The Morgan fingerprint density at radius 2 is 2.33 bits per heavy atom. The summed E-state index contributed by atoms with van der Waals surface area (Å²) in [5.74, 6) is 0. The van der Waals surface area contributed by atoms with Crippen LogP contribution in [-0.2, 0) is 4.74 Å². The molecule has 2 fully saturated rings. The molecule has 0 bridgehead atoms. The van der Waals surface area contributed by atoms with Crippen LogP contribution >= 0.6 is 0 Å². The Kier molecular flexibility index (Phi) is 4.00. The van der Waals surface area contributed by atoms with Crippen LogP contribution in [0.2, 0.25) is 0 Å². The molecular weight excluding hydrogens is 188 g/mol. The Balaban J connectivity index is 1.82. The van der Waals surface area contributed by atoms with Gasteiger partial charge in [-0.1, -0.05) is 6.92 Å². The zero-order valence-corrected chi connectivity index (χ0v) is 10.0. The molecule has 1 N–H and O–H groups in total. The molecule has 3 unspecified atom stereocenters. The minimum absolute atomic E-state index is 0.503. The van der Waals surface area contributed by atoms with Crippen molar-refractivity contribution in [2.75, 3.05) is 26.2 Å². The second-order valence-electron chi connectivity index (χ2n) is 4.95. The molecule has 88 valence electrons. The predicted molar refractivity (Wildman–Crippen MR) is 62.1 cm³/mol. The first-order valence-electron chi connectivity index (χ1n) is 6.38. The van der Waals surface area contributed by atoms with Gasteiger partial charge in [0.15, 0.2) is 0 Å². The van der Waals surface area contributed by atoms with E-state index in [1.54, 1.807) is 0 Å². The third kappa shape index (κ3) is 2.92. The minimum Gasteiger partial charge on any atom is -0.377 e. The van der Waals surface area contributed by atoms with Gasteiger partial charge in [-0.3, -0.25) is 4.90 Å². The Bertz CT molecular complexity index is 192. The lowest BCUT2D eigenvalue weighted by Gasteiger charge is -2.39. The highest BCUT2D eigenvalue weighted by Crippen LogP contribution is 2.16. The molecule has 0 amide bonds. The summed E-state index contributed by atoms with van der Waals surface area (Å²) < 4.78 is 5.71. The Labute approximate surface area is 93.2 Å². The molecule has 15 heavy (non-hydrogen) atoms. The van der Waals surface area contributed by atoms with E-state index in [9.17, 15) is 0 Å². The van der Waals surface area contributed by atoms with Crippen molar-refractivity contribution in [3.05, 3.63) is 0 Å². The van der Waals surface area contributed by atoms with Crippen molar-refractivity contribution < 1.29 is 4.74 Å². The molecule has 0 aromatic heterocycles. The highest BCUT2D eigenvalue weighted by molar-refractivity contribution is 4.85. The largest absolute Gasteiger partial charge is 0.377 e. The Hall–Kier alpha value is -0.120. The van der Waals surface area contributed by atoms with Gasteiger partial charge in [-0.15, -0.1) is 0 Å². The fourth-order valence-electron chi connectivity index (χ4n) is 2.57. The molecule has 0 spiro atoms. The first-order valence-corrected chi connectivity index (χ1v) is 6.38. The van der Waals surface area contributed by atoms with Gasteiger partial charge in [0.1, 0.15) is 0 Å². The highest BCUT2D eigenvalue weighted by Gasteiger charge is 2.27. The first-order chi connectivity index (χ1) is 7.29. The third-order valence-electron chi connectivity index (χ3n) is 3.74. The number of piperazine rings is 1. The SMILES string of the molecule is CCC1CN(CC2CCCO2)C(C)CN1.